The quantitative estimate of drug-likeness (QED) is 0.546. The van der Waals surface area contributed by atoms with E-state index < -0.39 is 0 Å². The van der Waals surface area contributed by atoms with E-state index in [-0.39, 0.29) is 0 Å². The highest BCUT2D eigenvalue weighted by Crippen LogP contribution is 2.19. The molecule has 0 aliphatic rings. The van der Waals surface area contributed by atoms with Gasteiger partial charge < -0.3 is 9.73 Å². The van der Waals surface area contributed by atoms with Gasteiger partial charge in [-0.25, -0.2) is 0 Å². The summed E-state index contributed by atoms with van der Waals surface area (Å²) in [6.45, 7) is 3.20. The summed E-state index contributed by atoms with van der Waals surface area (Å²) in [6.07, 6.45) is 12.9. The van der Waals surface area contributed by atoms with Crippen molar-refractivity contribution in [3.8, 4) is 12.3 Å². The molecule has 0 spiro atoms. The van der Waals surface area contributed by atoms with Crippen LogP contribution in [-0.2, 0) is 0 Å². The highest BCUT2D eigenvalue weighted by atomic mass is 16.3. The van der Waals surface area contributed by atoms with E-state index in [1.807, 2.05) is 12.3 Å². The van der Waals surface area contributed by atoms with Gasteiger partial charge in [-0.2, -0.15) is 0 Å². The van der Waals surface area contributed by atoms with E-state index in [0.717, 1.165) is 32.2 Å². The molecule has 2 nitrogen and oxygen atoms in total. The average molecular weight is 205 g/mol. The van der Waals surface area contributed by atoms with Crippen molar-refractivity contribution in [2.75, 3.05) is 6.54 Å². The summed E-state index contributed by atoms with van der Waals surface area (Å²) < 4.78 is 5.10. The van der Waals surface area contributed by atoms with Gasteiger partial charge in [0.15, 0.2) is 0 Å². The Morgan fingerprint density at radius 1 is 1.60 bits per heavy atom. The zero-order valence-corrected chi connectivity index (χ0v) is 9.33. The van der Waals surface area contributed by atoms with Crippen molar-refractivity contribution in [2.45, 2.75) is 38.6 Å². The lowest BCUT2D eigenvalue weighted by molar-refractivity contribution is 0.478. The minimum Gasteiger partial charge on any atom is -0.472 e. The van der Waals surface area contributed by atoms with E-state index in [4.69, 9.17) is 10.8 Å². The molecule has 0 aliphatic heterocycles. The van der Waals surface area contributed by atoms with Crippen molar-refractivity contribution < 1.29 is 4.42 Å². The summed E-state index contributed by atoms with van der Waals surface area (Å²) >= 11 is 0. The van der Waals surface area contributed by atoms with Crippen LogP contribution in [0.3, 0.4) is 0 Å². The molecule has 2 heteroatoms. The molecule has 1 heterocycles. The molecule has 0 saturated carbocycles. The van der Waals surface area contributed by atoms with Crippen LogP contribution in [0.2, 0.25) is 0 Å². The van der Waals surface area contributed by atoms with Gasteiger partial charge in [0.25, 0.3) is 0 Å². The first-order valence-electron chi connectivity index (χ1n) is 5.57. The van der Waals surface area contributed by atoms with E-state index >= 15 is 0 Å². The van der Waals surface area contributed by atoms with E-state index in [1.165, 1.54) is 5.56 Å². The fourth-order valence-corrected chi connectivity index (χ4v) is 1.59. The first-order chi connectivity index (χ1) is 7.38. The normalized spacial score (nSPS) is 12.3. The fraction of sp³-hybridized carbons (Fsp3) is 0.538. The van der Waals surface area contributed by atoms with Gasteiger partial charge in [0, 0.05) is 18.0 Å². The highest BCUT2D eigenvalue weighted by molar-refractivity contribution is 5.11. The molecule has 0 saturated heterocycles. The van der Waals surface area contributed by atoms with Gasteiger partial charge in [-0.05, 0) is 31.9 Å². The summed E-state index contributed by atoms with van der Waals surface area (Å²) in [6, 6.07) is 2.40. The Hall–Kier alpha value is -1.20. The first kappa shape index (κ1) is 11.9. The summed E-state index contributed by atoms with van der Waals surface area (Å²) in [5.74, 6) is 2.67. The predicted molar refractivity (Wildman–Crippen MR) is 62.4 cm³/mol. The molecule has 1 rings (SSSR count). The zero-order valence-electron chi connectivity index (χ0n) is 9.33. The average Bonchev–Trinajstić information content (AvgIpc) is 2.76. The minimum absolute atomic E-state index is 0.386. The number of hydrogen-bond donors (Lipinski definition) is 1. The topological polar surface area (TPSA) is 25.2 Å². The third kappa shape index (κ3) is 4.22. The number of furan rings is 1. The van der Waals surface area contributed by atoms with E-state index in [0.29, 0.717) is 6.04 Å². The van der Waals surface area contributed by atoms with Crippen LogP contribution in [0.1, 0.15) is 44.2 Å². The largest absolute Gasteiger partial charge is 0.472 e. The SMILES string of the molecule is C#CCCCC(NCCC)c1ccoc1. The molecular weight excluding hydrogens is 186 g/mol. The van der Waals surface area contributed by atoms with Gasteiger partial charge >= 0.3 is 0 Å². The van der Waals surface area contributed by atoms with Crippen molar-refractivity contribution in [3.05, 3.63) is 24.2 Å². The van der Waals surface area contributed by atoms with Crippen LogP contribution in [0, 0.1) is 12.3 Å². The molecule has 0 aromatic carbocycles. The van der Waals surface area contributed by atoms with E-state index in [9.17, 15) is 0 Å². The molecule has 1 atom stereocenters. The molecule has 1 aromatic rings. The van der Waals surface area contributed by atoms with Crippen LogP contribution in [-0.4, -0.2) is 6.54 Å². The maximum atomic E-state index is 5.24. The smallest absolute Gasteiger partial charge is 0.0950 e. The number of unbranched alkanes of at least 4 members (excludes halogenated alkanes) is 1. The molecule has 15 heavy (non-hydrogen) atoms. The van der Waals surface area contributed by atoms with Gasteiger partial charge in [-0.3, -0.25) is 0 Å². The monoisotopic (exact) mass is 205 g/mol. The molecule has 0 aliphatic carbocycles. The van der Waals surface area contributed by atoms with Crippen LogP contribution in [0.25, 0.3) is 0 Å². The van der Waals surface area contributed by atoms with Crippen LogP contribution >= 0.6 is 0 Å². The Bertz CT molecular complexity index is 284. The molecule has 1 N–H and O–H groups in total. The first-order valence-corrected chi connectivity index (χ1v) is 5.57. The Labute approximate surface area is 92.1 Å². The van der Waals surface area contributed by atoms with Gasteiger partial charge in [0.2, 0.25) is 0 Å². The molecule has 1 unspecified atom stereocenters. The second kappa shape index (κ2) is 7.14. The maximum absolute atomic E-state index is 5.24. The van der Waals surface area contributed by atoms with Crippen molar-refractivity contribution >= 4 is 0 Å². The lowest BCUT2D eigenvalue weighted by Crippen LogP contribution is -2.21. The van der Waals surface area contributed by atoms with E-state index in [2.05, 4.69) is 18.2 Å². The third-order valence-electron chi connectivity index (χ3n) is 2.40. The van der Waals surface area contributed by atoms with Crippen LogP contribution in [0.4, 0.5) is 0 Å². The minimum atomic E-state index is 0.386. The molecule has 82 valence electrons. The second-order valence-electron chi connectivity index (χ2n) is 3.66. The van der Waals surface area contributed by atoms with Crippen LogP contribution in [0.15, 0.2) is 23.0 Å². The van der Waals surface area contributed by atoms with Crippen molar-refractivity contribution in [3.63, 3.8) is 0 Å². The Balaban J connectivity index is 2.43. The molecule has 0 amide bonds. The van der Waals surface area contributed by atoms with Crippen molar-refractivity contribution in [2.24, 2.45) is 0 Å². The molecular formula is C13H19NO. The molecule has 0 radical (unpaired) electrons. The summed E-state index contributed by atoms with van der Waals surface area (Å²) in [5, 5.41) is 3.50. The molecule has 0 bridgehead atoms. The van der Waals surface area contributed by atoms with Gasteiger partial charge in [0.05, 0.1) is 12.5 Å². The zero-order chi connectivity index (χ0) is 10.9. The molecule has 1 aromatic heterocycles. The predicted octanol–water partition coefficient (Wildman–Crippen LogP) is 3.12. The summed E-state index contributed by atoms with van der Waals surface area (Å²) in [7, 11) is 0. The Morgan fingerprint density at radius 3 is 3.07 bits per heavy atom. The highest BCUT2D eigenvalue weighted by Gasteiger charge is 2.10. The number of nitrogens with one attached hydrogen (secondary N) is 1. The Morgan fingerprint density at radius 2 is 2.47 bits per heavy atom. The maximum Gasteiger partial charge on any atom is 0.0950 e. The van der Waals surface area contributed by atoms with Gasteiger partial charge in [-0.15, -0.1) is 12.3 Å². The second-order valence-corrected chi connectivity index (χ2v) is 3.66. The van der Waals surface area contributed by atoms with Gasteiger partial charge in [0.1, 0.15) is 0 Å². The molecule has 0 fully saturated rings. The summed E-state index contributed by atoms with van der Waals surface area (Å²) in [4.78, 5) is 0. The van der Waals surface area contributed by atoms with Crippen LogP contribution in [0.5, 0.6) is 0 Å². The number of terminal acetylenes is 1. The summed E-state index contributed by atoms with van der Waals surface area (Å²) in [5.41, 5.74) is 1.22. The standard InChI is InChI=1S/C13H19NO/c1-3-5-6-7-13(14-9-4-2)12-8-10-15-11-12/h1,8,10-11,13-14H,4-7,9H2,2H3. The number of rotatable bonds is 7. The number of hydrogen-bond acceptors (Lipinski definition) is 2. The van der Waals surface area contributed by atoms with Crippen LogP contribution < -0.4 is 5.32 Å². The fourth-order valence-electron chi connectivity index (χ4n) is 1.59. The third-order valence-corrected chi connectivity index (χ3v) is 2.40. The van der Waals surface area contributed by atoms with Gasteiger partial charge in [-0.1, -0.05) is 6.92 Å². The lowest BCUT2D eigenvalue weighted by Gasteiger charge is -2.16. The van der Waals surface area contributed by atoms with Crippen molar-refractivity contribution in [1.82, 2.24) is 5.32 Å². The lowest BCUT2D eigenvalue weighted by atomic mass is 10.0. The van der Waals surface area contributed by atoms with E-state index in [1.54, 1.807) is 6.26 Å². The Kier molecular flexibility index (Phi) is 5.65. The van der Waals surface area contributed by atoms with Crippen molar-refractivity contribution in [1.29, 1.82) is 0 Å².